The van der Waals surface area contributed by atoms with Gasteiger partial charge in [-0.25, -0.2) is 0 Å². The molecule has 5 aromatic rings. The molecule has 0 radical (unpaired) electrons. The van der Waals surface area contributed by atoms with Crippen molar-refractivity contribution < 1.29 is 26.6 Å². The minimum atomic E-state index is -0.571. The number of para-hydroxylation sites is 1. The van der Waals surface area contributed by atoms with Crippen molar-refractivity contribution in [3.8, 4) is 0 Å². The number of aromatic nitrogens is 1. The lowest BCUT2D eigenvalue weighted by molar-refractivity contribution is -0.984. The van der Waals surface area contributed by atoms with Gasteiger partial charge < -0.3 is 26.6 Å². The molecule has 1 unspecified atom stereocenters. The minimum Gasteiger partial charge on any atom is -1.00 e. The van der Waals surface area contributed by atoms with Crippen molar-refractivity contribution in [2.24, 2.45) is 11.8 Å². The average molecular weight is 622 g/mol. The Bertz CT molecular complexity index is 1740. The molecule has 1 aromatic heterocycles. The summed E-state index contributed by atoms with van der Waals surface area (Å²) in [5, 5.41) is 18.8. The fourth-order valence-corrected chi connectivity index (χ4v) is 8.01. The summed E-state index contributed by atoms with van der Waals surface area (Å²) >= 11 is 0. The largest absolute Gasteiger partial charge is 1.00 e. The Labute approximate surface area is 260 Å². The second kappa shape index (κ2) is 10.9. The summed E-state index contributed by atoms with van der Waals surface area (Å²) in [6, 6.07) is 30.7. The molecule has 3 fully saturated rings. The van der Waals surface area contributed by atoms with Gasteiger partial charge in [0.1, 0.15) is 18.7 Å². The highest BCUT2D eigenvalue weighted by Gasteiger charge is 2.54. The molecule has 3 aliphatic heterocycles. The topological polar surface area (TPSA) is 33.1 Å². The minimum absolute atomic E-state index is 0. The van der Waals surface area contributed by atoms with Crippen LogP contribution in [0.25, 0.3) is 32.4 Å². The van der Waals surface area contributed by atoms with Crippen LogP contribution in [0.15, 0.2) is 97.6 Å². The smallest absolute Gasteiger partial charge is 0.131 e. The van der Waals surface area contributed by atoms with Crippen LogP contribution < -0.4 is 17.0 Å². The number of nitrogens with zero attached hydrogens (tertiary/aromatic N) is 2. The maximum absolute atomic E-state index is 12.5. The summed E-state index contributed by atoms with van der Waals surface area (Å²) < 4.78 is 0.897. The Hall–Kier alpha value is -3.05. The van der Waals surface area contributed by atoms with Crippen LogP contribution in [0.4, 0.5) is 0 Å². The average Bonchev–Trinajstić information content (AvgIpc) is 2.99. The van der Waals surface area contributed by atoms with Crippen LogP contribution in [0.2, 0.25) is 0 Å². The molecule has 4 heterocycles. The van der Waals surface area contributed by atoms with E-state index >= 15 is 0 Å². The van der Waals surface area contributed by atoms with Gasteiger partial charge in [-0.2, -0.15) is 0 Å². The summed E-state index contributed by atoms with van der Waals surface area (Å²) in [6.07, 6.45) is 3.83. The van der Waals surface area contributed by atoms with Crippen LogP contribution in [0.3, 0.4) is 0 Å². The van der Waals surface area contributed by atoms with E-state index in [2.05, 4.69) is 118 Å². The first kappa shape index (κ1) is 29.0. The second-order valence-electron chi connectivity index (χ2n) is 13.6. The third-order valence-electron chi connectivity index (χ3n) is 10.2. The van der Waals surface area contributed by atoms with E-state index in [0.717, 1.165) is 52.7 Å². The van der Waals surface area contributed by atoms with E-state index in [9.17, 15) is 5.11 Å². The van der Waals surface area contributed by atoms with Gasteiger partial charge in [-0.1, -0.05) is 93.6 Å². The van der Waals surface area contributed by atoms with Gasteiger partial charge in [0.15, 0.2) is 0 Å². The van der Waals surface area contributed by atoms with E-state index in [-0.39, 0.29) is 28.4 Å². The zero-order valence-electron chi connectivity index (χ0n) is 24.9. The van der Waals surface area contributed by atoms with Crippen LogP contribution in [0.5, 0.6) is 0 Å². The highest BCUT2D eigenvalue weighted by Crippen LogP contribution is 2.49. The lowest BCUT2D eigenvalue weighted by atomic mass is 9.70. The van der Waals surface area contributed by atoms with Crippen LogP contribution in [-0.4, -0.2) is 33.7 Å². The first-order valence-corrected chi connectivity index (χ1v) is 15.2. The van der Waals surface area contributed by atoms with Crippen molar-refractivity contribution in [1.82, 2.24) is 4.98 Å². The first-order valence-electron chi connectivity index (χ1n) is 15.2. The Balaban J connectivity index is 0.00000316. The molecule has 216 valence electrons. The molecular weight excluding hydrogens is 580 g/mol. The molecule has 4 aromatic carbocycles. The maximum atomic E-state index is 12.5. The molecule has 1 N–H and O–H groups in total. The van der Waals surface area contributed by atoms with Crippen molar-refractivity contribution >= 4 is 32.4 Å². The van der Waals surface area contributed by atoms with Gasteiger partial charge in [0, 0.05) is 40.8 Å². The Morgan fingerprint density at radius 1 is 0.929 bits per heavy atom. The standard InChI is InChI=1S/C38H41N2O.BrH/c1-5-25-23-40(24-33-29-14-8-6-12-27(29)20-28-13-7-9-15-30(28)33)19-18-26(25)21-35(40)37(41)32-22-36(38(2,3)4)39-34-17-11-10-16-31(32)34;/h5-17,20,22,25-26,35,37,41H,1,18-19,21,23-24H2,2-4H3;1H/q+1;/p-1/t25-,26-,35-,37+,40?;/m0./s1. The van der Waals surface area contributed by atoms with E-state index in [1.807, 2.05) is 0 Å². The van der Waals surface area contributed by atoms with Crippen molar-refractivity contribution in [2.75, 3.05) is 13.1 Å². The van der Waals surface area contributed by atoms with Gasteiger partial charge in [-0.05, 0) is 51.2 Å². The van der Waals surface area contributed by atoms with Gasteiger partial charge in [-0.3, -0.25) is 4.98 Å². The van der Waals surface area contributed by atoms with E-state index in [1.165, 1.54) is 33.5 Å². The second-order valence-corrected chi connectivity index (χ2v) is 13.6. The predicted molar refractivity (Wildman–Crippen MR) is 171 cm³/mol. The molecule has 3 aliphatic rings. The highest BCUT2D eigenvalue weighted by molar-refractivity contribution is 6.02. The molecular formula is C38H41BrN2O. The zero-order valence-corrected chi connectivity index (χ0v) is 26.5. The van der Waals surface area contributed by atoms with Crippen molar-refractivity contribution in [3.63, 3.8) is 0 Å². The zero-order chi connectivity index (χ0) is 28.4. The van der Waals surface area contributed by atoms with E-state index in [4.69, 9.17) is 4.98 Å². The number of hydrogen-bond acceptors (Lipinski definition) is 2. The number of aliphatic hydroxyl groups excluding tert-OH is 1. The quantitative estimate of drug-likeness (QED) is 0.160. The monoisotopic (exact) mass is 620 g/mol. The van der Waals surface area contributed by atoms with Crippen molar-refractivity contribution in [1.29, 1.82) is 0 Å². The van der Waals surface area contributed by atoms with Crippen LogP contribution in [0.1, 0.15) is 56.5 Å². The van der Waals surface area contributed by atoms with E-state index < -0.39 is 6.10 Å². The summed E-state index contributed by atoms with van der Waals surface area (Å²) in [5.74, 6) is 1.05. The van der Waals surface area contributed by atoms with Crippen molar-refractivity contribution in [2.45, 2.75) is 57.7 Å². The number of piperidine rings is 3. The number of halogens is 1. The Morgan fingerprint density at radius 2 is 1.55 bits per heavy atom. The number of aliphatic hydroxyl groups is 1. The van der Waals surface area contributed by atoms with Gasteiger partial charge in [-0.15, -0.1) is 6.58 Å². The molecule has 5 atom stereocenters. The fourth-order valence-electron chi connectivity index (χ4n) is 8.01. The Morgan fingerprint density at radius 3 is 2.19 bits per heavy atom. The molecule has 8 rings (SSSR count). The number of hydrogen-bond donors (Lipinski definition) is 1. The highest BCUT2D eigenvalue weighted by atomic mass is 79.9. The number of benzene rings is 4. The van der Waals surface area contributed by atoms with Crippen molar-refractivity contribution in [3.05, 3.63) is 114 Å². The van der Waals surface area contributed by atoms with E-state index in [0.29, 0.717) is 11.8 Å². The van der Waals surface area contributed by atoms with Gasteiger partial charge in [0.05, 0.1) is 18.6 Å². The fraction of sp³-hybridized carbons (Fsp3) is 0.342. The predicted octanol–water partition coefficient (Wildman–Crippen LogP) is 5.49. The third-order valence-corrected chi connectivity index (χ3v) is 10.2. The summed E-state index contributed by atoms with van der Waals surface area (Å²) in [5.41, 5.74) is 4.35. The first-order chi connectivity index (χ1) is 19.8. The lowest BCUT2D eigenvalue weighted by Gasteiger charge is -2.58. The number of rotatable bonds is 5. The summed E-state index contributed by atoms with van der Waals surface area (Å²) in [6.45, 7) is 13.9. The molecule has 42 heavy (non-hydrogen) atoms. The van der Waals surface area contributed by atoms with Crippen LogP contribution >= 0.6 is 0 Å². The van der Waals surface area contributed by atoms with E-state index in [1.54, 1.807) is 0 Å². The summed E-state index contributed by atoms with van der Waals surface area (Å²) in [4.78, 5) is 5.03. The number of fused-ring (bicyclic) bond motifs is 6. The molecule has 0 spiro atoms. The lowest BCUT2D eigenvalue weighted by Crippen LogP contribution is -3.00. The molecule has 0 amide bonds. The maximum Gasteiger partial charge on any atom is 0.131 e. The molecule has 0 saturated carbocycles. The van der Waals surface area contributed by atoms with Gasteiger partial charge in [0.25, 0.3) is 0 Å². The SMILES string of the molecule is C=C[C@H]1C[N+]2(Cc3c4ccccc4cc4ccccc34)CC[C@H]1C[C@H]2[C@H](O)c1cc(C(C)(C)C)nc2ccccc12.[Br-]. The number of pyridine rings is 1. The van der Waals surface area contributed by atoms with Crippen LogP contribution in [0, 0.1) is 11.8 Å². The molecule has 0 aliphatic carbocycles. The normalized spacial score (nSPS) is 24.5. The molecule has 4 heteroatoms. The molecule has 3 saturated heterocycles. The summed E-state index contributed by atoms with van der Waals surface area (Å²) in [7, 11) is 0. The Kier molecular flexibility index (Phi) is 7.54. The van der Waals surface area contributed by atoms with Crippen LogP contribution in [-0.2, 0) is 12.0 Å². The van der Waals surface area contributed by atoms with Gasteiger partial charge >= 0.3 is 0 Å². The third kappa shape index (κ3) is 4.78. The van der Waals surface area contributed by atoms with Gasteiger partial charge in [0.2, 0.25) is 0 Å². The molecule has 2 bridgehead atoms. The molecule has 3 nitrogen and oxygen atoms in total. The number of quaternary nitrogens is 1.